The van der Waals surface area contributed by atoms with E-state index in [4.69, 9.17) is 5.14 Å². The second-order valence-electron chi connectivity index (χ2n) is 3.74. The van der Waals surface area contributed by atoms with E-state index >= 15 is 0 Å². The van der Waals surface area contributed by atoms with Crippen LogP contribution < -0.4 is 10.5 Å². The summed E-state index contributed by atoms with van der Waals surface area (Å²) in [5, 5.41) is 14.6. The normalized spacial score (nSPS) is 11.6. The standard InChI is InChI=1S/C10H12N4O3S/c11-18(16,17)6-5-12-10(15)9-7-3-1-2-4-8(7)13-14-9/h1-4H,5-6H2,(H,12,15)(H,13,14)(H2,11,16,17). The van der Waals surface area contributed by atoms with Gasteiger partial charge in [-0.15, -0.1) is 0 Å². The second-order valence-corrected chi connectivity index (χ2v) is 5.47. The van der Waals surface area contributed by atoms with Crippen molar-refractivity contribution in [3.05, 3.63) is 30.0 Å². The maximum Gasteiger partial charge on any atom is 0.272 e. The molecule has 1 amide bonds. The number of carbonyl (C=O) groups excluding carboxylic acids is 1. The van der Waals surface area contributed by atoms with Crippen LogP contribution in [0.1, 0.15) is 10.5 Å². The molecule has 0 aliphatic carbocycles. The lowest BCUT2D eigenvalue weighted by atomic mass is 10.2. The number of rotatable bonds is 4. The molecule has 0 spiro atoms. The van der Waals surface area contributed by atoms with Gasteiger partial charge < -0.3 is 5.32 Å². The summed E-state index contributed by atoms with van der Waals surface area (Å²) in [6.45, 7) is -0.0428. The molecule has 0 atom stereocenters. The maximum atomic E-state index is 11.8. The van der Waals surface area contributed by atoms with Crippen LogP contribution >= 0.6 is 0 Å². The van der Waals surface area contributed by atoms with Gasteiger partial charge in [0.25, 0.3) is 5.91 Å². The Morgan fingerprint density at radius 1 is 1.39 bits per heavy atom. The highest BCUT2D eigenvalue weighted by atomic mass is 32.2. The van der Waals surface area contributed by atoms with Crippen LogP contribution in [-0.4, -0.2) is 36.8 Å². The Hall–Kier alpha value is -1.93. The first kappa shape index (κ1) is 12.5. The number of nitrogens with two attached hydrogens (primary N) is 1. The van der Waals surface area contributed by atoms with E-state index in [2.05, 4.69) is 15.5 Å². The lowest BCUT2D eigenvalue weighted by Crippen LogP contribution is -2.31. The molecule has 18 heavy (non-hydrogen) atoms. The molecule has 0 fully saturated rings. The predicted octanol–water partition coefficient (Wildman–Crippen LogP) is -0.419. The topological polar surface area (TPSA) is 118 Å². The molecule has 7 nitrogen and oxygen atoms in total. The van der Waals surface area contributed by atoms with Gasteiger partial charge in [-0.1, -0.05) is 18.2 Å². The molecule has 0 aliphatic heterocycles. The fraction of sp³-hybridized carbons (Fsp3) is 0.200. The molecule has 2 rings (SSSR count). The zero-order chi connectivity index (χ0) is 13.2. The number of nitrogens with one attached hydrogen (secondary N) is 2. The third-order valence-electron chi connectivity index (χ3n) is 2.36. The van der Waals surface area contributed by atoms with Gasteiger partial charge >= 0.3 is 0 Å². The summed E-state index contributed by atoms with van der Waals surface area (Å²) in [5.41, 5.74) is 0.981. The minimum atomic E-state index is -3.57. The van der Waals surface area contributed by atoms with Crippen LogP contribution in [0.15, 0.2) is 24.3 Å². The van der Waals surface area contributed by atoms with Crippen molar-refractivity contribution in [1.29, 1.82) is 0 Å². The van der Waals surface area contributed by atoms with E-state index in [1.807, 2.05) is 6.07 Å². The summed E-state index contributed by atoms with van der Waals surface area (Å²) in [4.78, 5) is 11.8. The molecule has 2 aromatic rings. The number of amides is 1. The van der Waals surface area contributed by atoms with Crippen molar-refractivity contribution in [3.63, 3.8) is 0 Å². The molecule has 0 saturated carbocycles. The fourth-order valence-electron chi connectivity index (χ4n) is 1.53. The minimum Gasteiger partial charge on any atom is -0.350 e. The Labute approximate surface area is 103 Å². The average Bonchev–Trinajstić information content (AvgIpc) is 2.70. The van der Waals surface area contributed by atoms with Crippen LogP contribution in [0.5, 0.6) is 0 Å². The Kier molecular flexibility index (Phi) is 3.30. The Bertz CT molecular complexity index is 677. The number of nitrogens with zero attached hydrogens (tertiary/aromatic N) is 1. The van der Waals surface area contributed by atoms with Gasteiger partial charge in [0.2, 0.25) is 10.0 Å². The maximum absolute atomic E-state index is 11.8. The van der Waals surface area contributed by atoms with E-state index in [1.165, 1.54) is 0 Å². The van der Waals surface area contributed by atoms with Crippen LogP contribution in [0, 0.1) is 0 Å². The molecule has 1 aromatic heterocycles. The van der Waals surface area contributed by atoms with Gasteiger partial charge in [0.15, 0.2) is 5.69 Å². The van der Waals surface area contributed by atoms with Gasteiger partial charge in [-0.25, -0.2) is 13.6 Å². The van der Waals surface area contributed by atoms with Crippen molar-refractivity contribution >= 4 is 26.8 Å². The molecular weight excluding hydrogens is 256 g/mol. The number of H-pyrrole nitrogens is 1. The summed E-state index contributed by atoms with van der Waals surface area (Å²) in [6.07, 6.45) is 0. The van der Waals surface area contributed by atoms with Crippen molar-refractivity contribution in [2.75, 3.05) is 12.3 Å². The van der Waals surface area contributed by atoms with Gasteiger partial charge in [0, 0.05) is 11.9 Å². The first-order chi connectivity index (χ1) is 8.47. The van der Waals surface area contributed by atoms with E-state index in [1.54, 1.807) is 18.2 Å². The van der Waals surface area contributed by atoms with Crippen molar-refractivity contribution in [2.24, 2.45) is 5.14 Å². The highest BCUT2D eigenvalue weighted by Crippen LogP contribution is 2.14. The third-order valence-corrected chi connectivity index (χ3v) is 3.13. The van der Waals surface area contributed by atoms with E-state index in [0.717, 1.165) is 5.52 Å². The number of para-hydroxylation sites is 1. The van der Waals surface area contributed by atoms with Crippen molar-refractivity contribution in [2.45, 2.75) is 0 Å². The van der Waals surface area contributed by atoms with Gasteiger partial charge in [-0.2, -0.15) is 5.10 Å². The molecular formula is C10H12N4O3S. The summed E-state index contributed by atoms with van der Waals surface area (Å²) in [7, 11) is -3.57. The first-order valence-electron chi connectivity index (χ1n) is 5.19. The minimum absolute atomic E-state index is 0.0428. The fourth-order valence-corrected chi connectivity index (χ4v) is 1.91. The van der Waals surface area contributed by atoms with Crippen molar-refractivity contribution < 1.29 is 13.2 Å². The number of hydrogen-bond donors (Lipinski definition) is 3. The number of aromatic amines is 1. The van der Waals surface area contributed by atoms with Crippen LogP contribution in [0.3, 0.4) is 0 Å². The number of benzene rings is 1. The van der Waals surface area contributed by atoms with Crippen molar-refractivity contribution in [1.82, 2.24) is 15.5 Å². The zero-order valence-electron chi connectivity index (χ0n) is 9.38. The summed E-state index contributed by atoms with van der Waals surface area (Å²) in [6, 6.07) is 7.17. The van der Waals surface area contributed by atoms with E-state index in [0.29, 0.717) is 5.39 Å². The van der Waals surface area contributed by atoms with Gasteiger partial charge in [-0.05, 0) is 6.07 Å². The van der Waals surface area contributed by atoms with Gasteiger partial charge in [-0.3, -0.25) is 9.89 Å². The molecule has 0 saturated heterocycles. The largest absolute Gasteiger partial charge is 0.350 e. The van der Waals surface area contributed by atoms with E-state index < -0.39 is 15.9 Å². The monoisotopic (exact) mass is 268 g/mol. The lowest BCUT2D eigenvalue weighted by Gasteiger charge is -2.01. The average molecular weight is 268 g/mol. The molecule has 0 aliphatic rings. The molecule has 1 heterocycles. The number of primary sulfonamides is 1. The second kappa shape index (κ2) is 4.75. The van der Waals surface area contributed by atoms with Gasteiger partial charge in [0.1, 0.15) is 0 Å². The van der Waals surface area contributed by atoms with Gasteiger partial charge in [0.05, 0.1) is 11.3 Å². The van der Waals surface area contributed by atoms with Crippen LogP contribution in [0.2, 0.25) is 0 Å². The van der Waals surface area contributed by atoms with E-state index in [-0.39, 0.29) is 18.0 Å². The predicted molar refractivity (Wildman–Crippen MR) is 66.4 cm³/mol. The smallest absolute Gasteiger partial charge is 0.272 e. The molecule has 96 valence electrons. The highest BCUT2D eigenvalue weighted by Gasteiger charge is 2.13. The molecule has 8 heteroatoms. The number of aromatic nitrogens is 2. The number of sulfonamides is 1. The zero-order valence-corrected chi connectivity index (χ0v) is 10.2. The molecule has 0 radical (unpaired) electrons. The lowest BCUT2D eigenvalue weighted by molar-refractivity contribution is 0.0952. The quantitative estimate of drug-likeness (QED) is 0.698. The Morgan fingerprint density at radius 3 is 2.83 bits per heavy atom. The van der Waals surface area contributed by atoms with Crippen LogP contribution in [-0.2, 0) is 10.0 Å². The Morgan fingerprint density at radius 2 is 2.11 bits per heavy atom. The van der Waals surface area contributed by atoms with Crippen LogP contribution in [0.25, 0.3) is 10.9 Å². The van der Waals surface area contributed by atoms with E-state index in [9.17, 15) is 13.2 Å². The number of hydrogen-bond acceptors (Lipinski definition) is 4. The number of carbonyl (C=O) groups is 1. The molecule has 0 unspecified atom stereocenters. The molecule has 4 N–H and O–H groups in total. The first-order valence-corrected chi connectivity index (χ1v) is 6.91. The Balaban J connectivity index is 2.10. The molecule has 1 aromatic carbocycles. The van der Waals surface area contributed by atoms with Crippen LogP contribution in [0.4, 0.5) is 0 Å². The third kappa shape index (κ3) is 2.84. The summed E-state index contributed by atoms with van der Waals surface area (Å²) >= 11 is 0. The number of fused-ring (bicyclic) bond motifs is 1. The van der Waals surface area contributed by atoms with Crippen molar-refractivity contribution in [3.8, 4) is 0 Å². The molecule has 0 bridgehead atoms. The SMILES string of the molecule is NS(=O)(=O)CCNC(=O)c1n[nH]c2ccccc12. The summed E-state index contributed by atoms with van der Waals surface area (Å²) < 4.78 is 21.4. The summed E-state index contributed by atoms with van der Waals surface area (Å²) in [5.74, 6) is -0.739. The highest BCUT2D eigenvalue weighted by molar-refractivity contribution is 7.89.